The van der Waals surface area contributed by atoms with Gasteiger partial charge in [0.15, 0.2) is 11.5 Å². The van der Waals surface area contributed by atoms with Crippen molar-refractivity contribution in [3.8, 4) is 11.5 Å². The van der Waals surface area contributed by atoms with E-state index in [9.17, 15) is 5.11 Å². The number of aliphatic hydroxyl groups excluding tert-OH is 1. The van der Waals surface area contributed by atoms with Crippen LogP contribution in [0, 0.1) is 0 Å². The maximum atomic E-state index is 10.2. The number of nitrogens with zero attached hydrogens (tertiary/aromatic N) is 4. The number of hydrogen-bond acceptors (Lipinski definition) is 6. The monoisotopic (exact) mass is 404 g/mol. The molecule has 1 N–H and O–H groups in total. The van der Waals surface area contributed by atoms with Crippen LogP contribution in [0.15, 0.2) is 47.5 Å². The van der Waals surface area contributed by atoms with Gasteiger partial charge in [-0.2, -0.15) is 0 Å². The summed E-state index contributed by atoms with van der Waals surface area (Å²) in [6.45, 7) is 2.51. The van der Waals surface area contributed by atoms with E-state index in [0.29, 0.717) is 24.5 Å². The van der Waals surface area contributed by atoms with Crippen molar-refractivity contribution >= 4 is 16.7 Å². The molecule has 3 atom stereocenters. The second kappa shape index (κ2) is 7.25. The van der Waals surface area contributed by atoms with E-state index in [1.165, 1.54) is 0 Å². The van der Waals surface area contributed by atoms with Crippen molar-refractivity contribution < 1.29 is 14.6 Å². The molecule has 1 aliphatic heterocycles. The van der Waals surface area contributed by atoms with Crippen molar-refractivity contribution in [1.29, 1.82) is 0 Å². The first kappa shape index (κ1) is 18.8. The van der Waals surface area contributed by atoms with Gasteiger partial charge in [0.05, 0.1) is 37.1 Å². The number of fused-ring (bicyclic) bond motifs is 4. The molecule has 0 radical (unpaired) electrons. The predicted molar refractivity (Wildman–Crippen MR) is 115 cm³/mol. The molecule has 0 unspecified atom stereocenters. The Kier molecular flexibility index (Phi) is 4.55. The molecule has 0 bridgehead atoms. The molecule has 0 fully saturated rings. The number of rotatable bonds is 4. The number of aromatic nitrogens is 3. The molecule has 1 aromatic heterocycles. The Labute approximate surface area is 174 Å². The molecule has 3 aromatic rings. The maximum Gasteiger partial charge on any atom is 0.161 e. The van der Waals surface area contributed by atoms with Crippen molar-refractivity contribution in [1.82, 2.24) is 15.0 Å². The Morgan fingerprint density at radius 3 is 2.83 bits per heavy atom. The van der Waals surface area contributed by atoms with Crippen LogP contribution in [0.2, 0.25) is 0 Å². The average molecular weight is 404 g/mol. The predicted octanol–water partition coefficient (Wildman–Crippen LogP) is 3.00. The highest BCUT2D eigenvalue weighted by molar-refractivity contribution is 6.16. The maximum absolute atomic E-state index is 10.2. The van der Waals surface area contributed by atoms with Crippen LogP contribution in [0.3, 0.4) is 0 Å². The van der Waals surface area contributed by atoms with E-state index < -0.39 is 6.10 Å². The van der Waals surface area contributed by atoms with Crippen molar-refractivity contribution in [2.75, 3.05) is 13.7 Å². The zero-order valence-corrected chi connectivity index (χ0v) is 17.2. The van der Waals surface area contributed by atoms with Gasteiger partial charge >= 0.3 is 0 Å². The number of aliphatic hydroxyl groups is 1. The SMILES string of the molecule is CCOc1cc2c(cc1OC)C(c1ccc3c(c1)nnn3C)=N[C@@H]1C=C[C@H](O)C[C@H]21. The van der Waals surface area contributed by atoms with Crippen LogP contribution >= 0.6 is 0 Å². The fourth-order valence-corrected chi connectivity index (χ4v) is 4.45. The second-order valence-electron chi connectivity index (χ2n) is 7.70. The minimum atomic E-state index is -0.468. The van der Waals surface area contributed by atoms with Crippen LogP contribution in [-0.4, -0.2) is 51.7 Å². The minimum absolute atomic E-state index is 0.0312. The molecule has 2 aromatic carbocycles. The second-order valence-corrected chi connectivity index (χ2v) is 7.70. The van der Waals surface area contributed by atoms with Crippen molar-refractivity contribution in [3.05, 3.63) is 59.2 Å². The molecular formula is C23H24N4O3. The van der Waals surface area contributed by atoms with E-state index >= 15 is 0 Å². The average Bonchev–Trinajstić information content (AvgIpc) is 3.13. The van der Waals surface area contributed by atoms with Gasteiger partial charge in [-0.3, -0.25) is 4.99 Å². The van der Waals surface area contributed by atoms with Gasteiger partial charge in [-0.1, -0.05) is 23.4 Å². The summed E-state index contributed by atoms with van der Waals surface area (Å²) >= 11 is 0. The van der Waals surface area contributed by atoms with Crippen LogP contribution in [0.25, 0.3) is 11.0 Å². The molecule has 1 aliphatic carbocycles. The topological polar surface area (TPSA) is 81.8 Å². The molecule has 0 amide bonds. The van der Waals surface area contributed by atoms with Crippen LogP contribution in [-0.2, 0) is 7.05 Å². The van der Waals surface area contributed by atoms with Gasteiger partial charge in [0.2, 0.25) is 0 Å². The Morgan fingerprint density at radius 1 is 1.17 bits per heavy atom. The van der Waals surface area contributed by atoms with Gasteiger partial charge in [0.25, 0.3) is 0 Å². The lowest BCUT2D eigenvalue weighted by atomic mass is 9.76. The van der Waals surface area contributed by atoms with E-state index in [2.05, 4.69) is 22.4 Å². The van der Waals surface area contributed by atoms with Crippen LogP contribution in [0.1, 0.15) is 36.0 Å². The summed E-state index contributed by atoms with van der Waals surface area (Å²) in [5, 5.41) is 18.6. The Morgan fingerprint density at radius 2 is 2.03 bits per heavy atom. The van der Waals surface area contributed by atoms with Gasteiger partial charge in [0.1, 0.15) is 5.52 Å². The first-order chi connectivity index (χ1) is 14.6. The zero-order valence-electron chi connectivity index (χ0n) is 17.2. The number of aryl methyl sites for hydroxylation is 1. The largest absolute Gasteiger partial charge is 0.493 e. The number of hydrogen-bond donors (Lipinski definition) is 1. The van der Waals surface area contributed by atoms with Gasteiger partial charge in [-0.25, -0.2) is 4.68 Å². The molecule has 154 valence electrons. The molecule has 30 heavy (non-hydrogen) atoms. The van der Waals surface area contributed by atoms with E-state index in [-0.39, 0.29) is 12.0 Å². The summed E-state index contributed by atoms with van der Waals surface area (Å²) in [7, 11) is 3.52. The summed E-state index contributed by atoms with van der Waals surface area (Å²) in [6.07, 6.45) is 4.01. The highest BCUT2D eigenvalue weighted by Gasteiger charge is 2.35. The number of benzene rings is 2. The highest BCUT2D eigenvalue weighted by Crippen LogP contribution is 2.43. The van der Waals surface area contributed by atoms with Crippen LogP contribution < -0.4 is 9.47 Å². The third kappa shape index (κ3) is 2.97. The van der Waals surface area contributed by atoms with E-state index in [1.807, 2.05) is 44.3 Å². The smallest absolute Gasteiger partial charge is 0.161 e. The number of aliphatic imine (C=N–C) groups is 1. The molecule has 0 saturated carbocycles. The summed E-state index contributed by atoms with van der Waals surface area (Å²) in [6, 6.07) is 10.1. The summed E-state index contributed by atoms with van der Waals surface area (Å²) < 4.78 is 13.2. The molecule has 7 nitrogen and oxygen atoms in total. The van der Waals surface area contributed by atoms with Crippen LogP contribution in [0.4, 0.5) is 0 Å². The van der Waals surface area contributed by atoms with Gasteiger partial charge in [-0.15, -0.1) is 5.10 Å². The van der Waals surface area contributed by atoms with E-state index in [0.717, 1.165) is 33.4 Å². The van der Waals surface area contributed by atoms with Crippen molar-refractivity contribution in [3.63, 3.8) is 0 Å². The third-order valence-electron chi connectivity index (χ3n) is 5.89. The van der Waals surface area contributed by atoms with Gasteiger partial charge in [-0.05, 0) is 43.2 Å². The minimum Gasteiger partial charge on any atom is -0.493 e. The van der Waals surface area contributed by atoms with E-state index in [1.54, 1.807) is 11.8 Å². The highest BCUT2D eigenvalue weighted by atomic mass is 16.5. The number of methoxy groups -OCH3 is 1. The van der Waals surface area contributed by atoms with Crippen molar-refractivity contribution in [2.45, 2.75) is 31.4 Å². The Balaban J connectivity index is 1.71. The first-order valence-electron chi connectivity index (χ1n) is 10.2. The van der Waals surface area contributed by atoms with Crippen molar-refractivity contribution in [2.24, 2.45) is 12.0 Å². The lowest BCUT2D eigenvalue weighted by Gasteiger charge is -2.34. The molecule has 0 saturated heterocycles. The standard InChI is InChI=1S/C23H24N4O3/c1-4-30-22-11-15-16-10-14(28)6-7-18(16)24-23(17(15)12-21(22)29-3)13-5-8-20-19(9-13)25-26-27(20)2/h5-9,11-12,14,16,18,28H,4,10H2,1-3H3/t14-,16+,18+/m0/s1. The Hall–Kier alpha value is -3.19. The zero-order chi connectivity index (χ0) is 20.8. The number of ether oxygens (including phenoxy) is 2. The summed E-state index contributed by atoms with van der Waals surface area (Å²) in [4.78, 5) is 5.08. The molecule has 5 rings (SSSR count). The molecular weight excluding hydrogens is 380 g/mol. The van der Waals surface area contributed by atoms with E-state index in [4.69, 9.17) is 14.5 Å². The van der Waals surface area contributed by atoms with Gasteiger partial charge < -0.3 is 14.6 Å². The molecule has 2 aliphatic rings. The third-order valence-corrected chi connectivity index (χ3v) is 5.89. The molecule has 2 heterocycles. The Bertz CT molecular complexity index is 1180. The first-order valence-corrected chi connectivity index (χ1v) is 10.2. The molecule has 0 spiro atoms. The van der Waals surface area contributed by atoms with Gasteiger partial charge in [0, 0.05) is 24.1 Å². The summed E-state index contributed by atoms with van der Waals surface area (Å²) in [5.41, 5.74) is 5.79. The lowest BCUT2D eigenvalue weighted by Crippen LogP contribution is -2.31. The lowest BCUT2D eigenvalue weighted by molar-refractivity contribution is 0.190. The quantitative estimate of drug-likeness (QED) is 0.676. The fourth-order valence-electron chi connectivity index (χ4n) is 4.45. The van der Waals surface area contributed by atoms with Crippen LogP contribution in [0.5, 0.6) is 11.5 Å². The normalized spacial score (nSPS) is 22.4. The molecule has 7 heteroatoms. The fraction of sp³-hybridized carbons (Fsp3) is 0.348. The summed E-state index contributed by atoms with van der Waals surface area (Å²) in [5.74, 6) is 1.48.